The molecule has 0 bridgehead atoms. The van der Waals surface area contributed by atoms with Crippen molar-refractivity contribution in [1.82, 2.24) is 0 Å². The number of thiocarbonyl (C=S) groups is 2. The number of hydrogen-bond acceptors (Lipinski definition) is 4. The summed E-state index contributed by atoms with van der Waals surface area (Å²) in [5, 5.41) is 0. The molecule has 15 heavy (non-hydrogen) atoms. The van der Waals surface area contributed by atoms with Crippen molar-refractivity contribution in [2.24, 2.45) is 11.5 Å². The van der Waals surface area contributed by atoms with Crippen LogP contribution < -0.4 is 11.5 Å². The van der Waals surface area contributed by atoms with Crippen LogP contribution >= 0.6 is 24.4 Å². The van der Waals surface area contributed by atoms with Gasteiger partial charge in [-0.05, 0) is 0 Å². The van der Waals surface area contributed by atoms with Crippen LogP contribution in [0.15, 0.2) is 36.4 Å². The van der Waals surface area contributed by atoms with E-state index in [1.165, 1.54) is 0 Å². The Hall–Kier alpha value is 0.0634. The van der Waals surface area contributed by atoms with E-state index >= 15 is 0 Å². The van der Waals surface area contributed by atoms with Crippen LogP contribution in [-0.4, -0.2) is 8.64 Å². The summed E-state index contributed by atoms with van der Waals surface area (Å²) in [6, 6.07) is 12.0. The van der Waals surface area contributed by atoms with Gasteiger partial charge in [-0.25, -0.2) is 0 Å². The van der Waals surface area contributed by atoms with Gasteiger partial charge >= 0.3 is 19.5 Å². The van der Waals surface area contributed by atoms with Gasteiger partial charge < -0.3 is 61.2 Å². The molecule has 0 heterocycles. The van der Waals surface area contributed by atoms with Gasteiger partial charge in [-0.3, -0.25) is 0 Å². The molecule has 0 unspecified atom stereocenters. The smallest absolute Gasteiger partial charge is 0.415 e. The molecule has 1 aromatic rings. The quantitative estimate of drug-likeness (QED) is 0.425. The minimum absolute atomic E-state index is 0. The zero-order chi connectivity index (χ0) is 11.4. The van der Waals surface area contributed by atoms with E-state index in [9.17, 15) is 0 Å². The largest absolute Gasteiger partial charge is 2.00 e. The second kappa shape index (κ2) is 16.5. The molecule has 1 rings (SSSR count). The summed E-state index contributed by atoms with van der Waals surface area (Å²) in [5.74, 6) is 0. The average Bonchev–Trinajstić information content (AvgIpc) is 2.05. The van der Waals surface area contributed by atoms with Crippen molar-refractivity contribution in [3.63, 3.8) is 0 Å². The first-order valence-electron chi connectivity index (χ1n) is 3.39. The van der Waals surface area contributed by atoms with Gasteiger partial charge in [0.15, 0.2) is 0 Å². The third-order valence-electron chi connectivity index (χ3n) is 0.667. The second-order valence-electron chi connectivity index (χ2n) is 1.79. The van der Waals surface area contributed by atoms with Gasteiger partial charge in [0.1, 0.15) is 0 Å². The fourth-order valence-electron chi connectivity index (χ4n) is 0.385. The van der Waals surface area contributed by atoms with Crippen molar-refractivity contribution in [1.29, 1.82) is 0 Å². The van der Waals surface area contributed by atoms with E-state index in [2.05, 4.69) is 61.2 Å². The number of nitrogens with two attached hydrogens (primary N) is 2. The predicted octanol–water partition coefficient (Wildman–Crippen LogP) is 1.24. The number of rotatable bonds is 0. The normalized spacial score (nSPS) is 6.40. The van der Waals surface area contributed by atoms with Gasteiger partial charge in [-0.2, -0.15) is 0 Å². The van der Waals surface area contributed by atoms with Crippen LogP contribution in [0, 0.1) is 0 Å². The molecule has 0 radical (unpaired) electrons. The van der Waals surface area contributed by atoms with Crippen LogP contribution in [0.4, 0.5) is 0 Å². The molecule has 4 N–H and O–H groups in total. The molecular formula is C8H10N2S4Zn. The molecule has 0 saturated heterocycles. The summed E-state index contributed by atoms with van der Waals surface area (Å²) in [4.78, 5) is 0. The maximum Gasteiger partial charge on any atom is 2.00 e. The fraction of sp³-hybridized carbons (Fsp3) is 0. The molecule has 0 aliphatic rings. The van der Waals surface area contributed by atoms with E-state index in [-0.39, 0.29) is 28.1 Å². The minimum atomic E-state index is 0. The third kappa shape index (κ3) is 55.7. The first-order valence-corrected chi connectivity index (χ1v) is 5.03. The topological polar surface area (TPSA) is 52.0 Å². The molecule has 2 nitrogen and oxygen atoms in total. The molecular weight excluding hydrogens is 318 g/mol. The van der Waals surface area contributed by atoms with Crippen molar-refractivity contribution in [3.05, 3.63) is 36.4 Å². The molecule has 0 amide bonds. The van der Waals surface area contributed by atoms with Crippen LogP contribution in [0.25, 0.3) is 0 Å². The number of benzene rings is 1. The summed E-state index contributed by atoms with van der Waals surface area (Å²) in [7, 11) is 0. The molecule has 0 aliphatic heterocycles. The van der Waals surface area contributed by atoms with Gasteiger partial charge in [0.05, 0.1) is 0 Å². The van der Waals surface area contributed by atoms with Crippen LogP contribution in [0.2, 0.25) is 0 Å². The predicted molar refractivity (Wildman–Crippen MR) is 74.7 cm³/mol. The van der Waals surface area contributed by atoms with Gasteiger partial charge in [0, 0.05) is 0 Å². The number of hydrogen-bond donors (Lipinski definition) is 2. The first kappa shape index (κ1) is 20.5. The molecule has 0 spiro atoms. The van der Waals surface area contributed by atoms with Crippen molar-refractivity contribution in [2.45, 2.75) is 0 Å². The minimum Gasteiger partial charge on any atom is -0.415 e. The molecule has 0 aromatic heterocycles. The summed E-state index contributed by atoms with van der Waals surface area (Å²) >= 11 is 16.5. The zero-order valence-electron chi connectivity index (χ0n) is 7.96. The second-order valence-corrected chi connectivity index (χ2v) is 4.07. The van der Waals surface area contributed by atoms with Gasteiger partial charge in [-0.15, -0.1) is 0 Å². The molecule has 0 aliphatic carbocycles. The van der Waals surface area contributed by atoms with Crippen LogP contribution in [0.5, 0.6) is 0 Å². The Morgan fingerprint density at radius 3 is 0.867 bits per heavy atom. The van der Waals surface area contributed by atoms with Crippen LogP contribution in [-0.2, 0) is 44.7 Å². The Morgan fingerprint density at radius 2 is 0.800 bits per heavy atom. The first-order chi connectivity index (χ1) is 6.46. The van der Waals surface area contributed by atoms with Crippen LogP contribution in [0.3, 0.4) is 0 Å². The van der Waals surface area contributed by atoms with E-state index in [0.29, 0.717) is 0 Å². The van der Waals surface area contributed by atoms with Crippen molar-refractivity contribution in [3.8, 4) is 0 Å². The zero-order valence-corrected chi connectivity index (χ0v) is 14.2. The Morgan fingerprint density at radius 1 is 0.733 bits per heavy atom. The molecule has 0 fully saturated rings. The molecule has 1 aromatic carbocycles. The standard InChI is InChI=1S/C6H6.2CH3NS2.Zn/c1-2-4-6-5-3-1;2*2-1(3)4;/h1-6H;2*(H3,2,3,4);/q;;;+2/p-2. The molecule has 78 valence electrons. The molecule has 7 heteroatoms. The van der Waals surface area contributed by atoms with Crippen molar-refractivity contribution in [2.75, 3.05) is 0 Å². The summed E-state index contributed by atoms with van der Waals surface area (Å²) < 4.78 is 0.167. The Bertz CT molecular complexity index is 209. The van der Waals surface area contributed by atoms with Crippen molar-refractivity contribution >= 4 is 58.3 Å². The van der Waals surface area contributed by atoms with E-state index in [1.54, 1.807) is 0 Å². The summed E-state index contributed by atoms with van der Waals surface area (Å²) in [6.07, 6.45) is 0. The van der Waals surface area contributed by atoms with E-state index in [4.69, 9.17) is 0 Å². The van der Waals surface area contributed by atoms with Crippen molar-refractivity contribution < 1.29 is 19.5 Å². The van der Waals surface area contributed by atoms with Gasteiger partial charge in [-0.1, -0.05) is 45.0 Å². The Balaban J connectivity index is -0.000000145. The monoisotopic (exact) mass is 326 g/mol. The van der Waals surface area contributed by atoms with E-state index in [0.717, 1.165) is 0 Å². The SMILES string of the molecule is NC(=S)[S-].NC(=S)[S-].[Zn+2].c1ccccc1. The van der Waals surface area contributed by atoms with E-state index in [1.807, 2.05) is 36.4 Å². The van der Waals surface area contributed by atoms with Gasteiger partial charge in [0.25, 0.3) is 0 Å². The fourth-order valence-corrected chi connectivity index (χ4v) is 0.385. The molecule has 0 saturated carbocycles. The summed E-state index contributed by atoms with van der Waals surface area (Å²) in [6.45, 7) is 0. The Kier molecular flexibility index (Phi) is 22.5. The maximum absolute atomic E-state index is 4.66. The third-order valence-corrected chi connectivity index (χ3v) is 0.667. The van der Waals surface area contributed by atoms with Gasteiger partial charge in [0.2, 0.25) is 0 Å². The van der Waals surface area contributed by atoms with Crippen LogP contribution in [0.1, 0.15) is 0 Å². The Labute approximate surface area is 125 Å². The summed E-state index contributed by atoms with van der Waals surface area (Å²) in [5.41, 5.74) is 9.31. The van der Waals surface area contributed by atoms with E-state index < -0.39 is 0 Å². The maximum atomic E-state index is 4.66. The molecule has 0 atom stereocenters. The average molecular weight is 328 g/mol.